The lowest BCUT2D eigenvalue weighted by molar-refractivity contribution is -0.134. The minimum Gasteiger partial charge on any atom is -0.444 e. The summed E-state index contributed by atoms with van der Waals surface area (Å²) in [4.78, 5) is 27.1. The molecular weight excluding hydrogens is 342 g/mol. The summed E-state index contributed by atoms with van der Waals surface area (Å²) < 4.78 is 5.33. The maximum Gasteiger partial charge on any atom is 0.408 e. The number of rotatable bonds is 4. The molecule has 0 bridgehead atoms. The third-order valence-electron chi connectivity index (χ3n) is 4.61. The van der Waals surface area contributed by atoms with Crippen LogP contribution in [-0.2, 0) is 16.0 Å². The van der Waals surface area contributed by atoms with E-state index in [4.69, 9.17) is 10.00 Å². The van der Waals surface area contributed by atoms with Crippen LogP contribution in [0.5, 0.6) is 0 Å². The minimum atomic E-state index is -0.693. The fourth-order valence-electron chi connectivity index (χ4n) is 3.05. The lowest BCUT2D eigenvalue weighted by Crippen LogP contribution is -2.52. The maximum atomic E-state index is 13.0. The Morgan fingerprint density at radius 2 is 1.85 bits per heavy atom. The van der Waals surface area contributed by atoms with E-state index in [1.807, 2.05) is 17.0 Å². The summed E-state index contributed by atoms with van der Waals surface area (Å²) in [6, 6.07) is 8.44. The van der Waals surface area contributed by atoms with Crippen LogP contribution in [0.2, 0.25) is 0 Å². The van der Waals surface area contributed by atoms with Gasteiger partial charge in [-0.2, -0.15) is 5.26 Å². The molecule has 0 radical (unpaired) electrons. The second kappa shape index (κ2) is 8.90. The van der Waals surface area contributed by atoms with E-state index in [1.54, 1.807) is 32.9 Å². The van der Waals surface area contributed by atoms with Crippen molar-refractivity contribution in [2.45, 2.75) is 58.6 Å². The summed E-state index contributed by atoms with van der Waals surface area (Å²) >= 11 is 0. The average Bonchev–Trinajstić information content (AvgIpc) is 2.60. The highest BCUT2D eigenvalue weighted by atomic mass is 16.6. The van der Waals surface area contributed by atoms with Gasteiger partial charge in [0, 0.05) is 19.5 Å². The number of nitrogens with one attached hydrogen (secondary N) is 1. The Balaban J connectivity index is 2.12. The second-order valence-corrected chi connectivity index (χ2v) is 8.22. The number of carbonyl (C=O) groups is 2. The quantitative estimate of drug-likeness (QED) is 0.881. The molecule has 1 aliphatic heterocycles. The molecule has 0 aliphatic carbocycles. The van der Waals surface area contributed by atoms with Gasteiger partial charge >= 0.3 is 6.09 Å². The van der Waals surface area contributed by atoms with Gasteiger partial charge < -0.3 is 15.0 Å². The standard InChI is InChI=1S/C21H29N3O3/c1-15-9-11-24(12-10-15)19(25)18(23-20(26)27-21(2,3)4)13-16-5-7-17(14-22)8-6-16/h5-8,15,18H,9-13H2,1-4H3,(H,23,26)/t18-/m0/s1. The van der Waals surface area contributed by atoms with Gasteiger partial charge in [0.2, 0.25) is 5.91 Å². The first-order valence-corrected chi connectivity index (χ1v) is 9.45. The first kappa shape index (κ1) is 20.8. The Kier molecular flexibility index (Phi) is 6.84. The summed E-state index contributed by atoms with van der Waals surface area (Å²) in [5, 5.41) is 11.7. The second-order valence-electron chi connectivity index (χ2n) is 8.22. The van der Waals surface area contributed by atoms with Crippen LogP contribution >= 0.6 is 0 Å². The van der Waals surface area contributed by atoms with Gasteiger partial charge in [0.15, 0.2) is 0 Å². The number of hydrogen-bond donors (Lipinski definition) is 1. The summed E-state index contributed by atoms with van der Waals surface area (Å²) in [6.07, 6.45) is 1.71. The Bertz CT molecular complexity index is 693. The largest absolute Gasteiger partial charge is 0.444 e. The molecule has 6 heteroatoms. The number of hydrogen-bond acceptors (Lipinski definition) is 4. The highest BCUT2D eigenvalue weighted by molar-refractivity contribution is 5.86. The summed E-state index contributed by atoms with van der Waals surface area (Å²) in [5.74, 6) is 0.530. The highest BCUT2D eigenvalue weighted by Crippen LogP contribution is 2.18. The van der Waals surface area contributed by atoms with E-state index in [-0.39, 0.29) is 5.91 Å². The SMILES string of the molecule is CC1CCN(C(=O)[C@H](Cc2ccc(C#N)cc2)NC(=O)OC(C)(C)C)CC1. The van der Waals surface area contributed by atoms with E-state index in [2.05, 4.69) is 18.3 Å². The van der Waals surface area contributed by atoms with Gasteiger partial charge in [-0.25, -0.2) is 4.79 Å². The van der Waals surface area contributed by atoms with Crippen molar-refractivity contribution >= 4 is 12.0 Å². The molecule has 146 valence electrons. The van der Waals surface area contributed by atoms with Crippen molar-refractivity contribution in [1.29, 1.82) is 5.26 Å². The van der Waals surface area contributed by atoms with E-state index < -0.39 is 17.7 Å². The number of nitriles is 1. The van der Waals surface area contributed by atoms with Gasteiger partial charge in [-0.1, -0.05) is 19.1 Å². The van der Waals surface area contributed by atoms with Gasteiger partial charge in [0.1, 0.15) is 11.6 Å². The number of nitrogens with zero attached hydrogens (tertiary/aromatic N) is 2. The molecule has 6 nitrogen and oxygen atoms in total. The van der Waals surface area contributed by atoms with Crippen molar-refractivity contribution < 1.29 is 14.3 Å². The molecule has 0 unspecified atom stereocenters. The average molecular weight is 371 g/mol. The molecule has 1 aromatic carbocycles. The van der Waals surface area contributed by atoms with Gasteiger partial charge in [-0.15, -0.1) is 0 Å². The number of alkyl carbamates (subject to hydrolysis) is 1. The lowest BCUT2D eigenvalue weighted by Gasteiger charge is -2.33. The zero-order chi connectivity index (χ0) is 20.0. The third-order valence-corrected chi connectivity index (χ3v) is 4.61. The molecule has 0 spiro atoms. The first-order chi connectivity index (χ1) is 12.7. The molecule has 1 N–H and O–H groups in total. The summed E-state index contributed by atoms with van der Waals surface area (Å²) in [6.45, 7) is 8.97. The van der Waals surface area contributed by atoms with Crippen LogP contribution in [0.1, 0.15) is 51.7 Å². The predicted octanol–water partition coefficient (Wildman–Crippen LogP) is 3.25. The normalized spacial score (nSPS) is 16.3. The smallest absolute Gasteiger partial charge is 0.408 e. The van der Waals surface area contributed by atoms with Crippen LogP contribution < -0.4 is 5.32 Å². The molecule has 1 saturated heterocycles. The van der Waals surface area contributed by atoms with Crippen LogP contribution in [0.15, 0.2) is 24.3 Å². The van der Waals surface area contributed by atoms with Crippen molar-refractivity contribution in [2.24, 2.45) is 5.92 Å². The lowest BCUT2D eigenvalue weighted by atomic mass is 9.97. The molecule has 0 aromatic heterocycles. The molecule has 1 aliphatic rings. The van der Waals surface area contributed by atoms with Crippen molar-refractivity contribution in [3.05, 3.63) is 35.4 Å². The van der Waals surface area contributed by atoms with Crippen LogP contribution in [0.4, 0.5) is 4.79 Å². The van der Waals surface area contributed by atoms with Crippen LogP contribution in [0.3, 0.4) is 0 Å². The predicted molar refractivity (Wildman–Crippen MR) is 103 cm³/mol. The molecule has 1 fully saturated rings. The number of likely N-dealkylation sites (tertiary alicyclic amines) is 1. The minimum absolute atomic E-state index is 0.0860. The van der Waals surface area contributed by atoms with Gasteiger partial charge in [-0.05, 0) is 57.2 Å². The van der Waals surface area contributed by atoms with Gasteiger partial charge in [0.05, 0.1) is 11.6 Å². The number of carbonyl (C=O) groups excluding carboxylic acids is 2. The van der Waals surface area contributed by atoms with E-state index >= 15 is 0 Å². The Labute approximate surface area is 161 Å². The molecule has 1 atom stereocenters. The van der Waals surface area contributed by atoms with Crippen LogP contribution in [0.25, 0.3) is 0 Å². The van der Waals surface area contributed by atoms with Gasteiger partial charge in [-0.3, -0.25) is 4.79 Å². The molecule has 1 heterocycles. The molecule has 2 rings (SSSR count). The van der Waals surface area contributed by atoms with Crippen LogP contribution in [0, 0.1) is 17.2 Å². The zero-order valence-electron chi connectivity index (χ0n) is 16.6. The van der Waals surface area contributed by atoms with Crippen molar-refractivity contribution in [1.82, 2.24) is 10.2 Å². The van der Waals surface area contributed by atoms with Crippen molar-refractivity contribution in [3.8, 4) is 6.07 Å². The number of amides is 2. The van der Waals surface area contributed by atoms with E-state index in [1.165, 1.54) is 0 Å². The van der Waals surface area contributed by atoms with Gasteiger partial charge in [0.25, 0.3) is 0 Å². The highest BCUT2D eigenvalue weighted by Gasteiger charge is 2.30. The number of piperidine rings is 1. The number of benzene rings is 1. The summed E-state index contributed by atoms with van der Waals surface area (Å²) in [5.41, 5.74) is 0.813. The van der Waals surface area contributed by atoms with E-state index in [0.29, 0.717) is 31.0 Å². The van der Waals surface area contributed by atoms with Crippen molar-refractivity contribution in [2.75, 3.05) is 13.1 Å². The number of ether oxygens (including phenoxy) is 1. The monoisotopic (exact) mass is 371 g/mol. The maximum absolute atomic E-state index is 13.0. The third kappa shape index (κ3) is 6.59. The van der Waals surface area contributed by atoms with Crippen molar-refractivity contribution in [3.63, 3.8) is 0 Å². The molecule has 1 aromatic rings. The van der Waals surface area contributed by atoms with Crippen LogP contribution in [-0.4, -0.2) is 41.6 Å². The Hall–Kier alpha value is -2.55. The fourth-order valence-corrected chi connectivity index (χ4v) is 3.05. The molecular formula is C21H29N3O3. The fraction of sp³-hybridized carbons (Fsp3) is 0.571. The first-order valence-electron chi connectivity index (χ1n) is 9.45. The zero-order valence-corrected chi connectivity index (χ0v) is 16.6. The molecule has 2 amide bonds. The molecule has 0 saturated carbocycles. The molecule has 27 heavy (non-hydrogen) atoms. The van der Waals surface area contributed by atoms with E-state index in [0.717, 1.165) is 18.4 Å². The summed E-state index contributed by atoms with van der Waals surface area (Å²) in [7, 11) is 0. The Morgan fingerprint density at radius 3 is 2.37 bits per heavy atom. The van der Waals surface area contributed by atoms with E-state index in [9.17, 15) is 9.59 Å². The topological polar surface area (TPSA) is 82.4 Å². The Morgan fingerprint density at radius 1 is 1.26 bits per heavy atom.